The minimum atomic E-state index is -4.26. The molecule has 12 heavy (non-hydrogen) atoms. The van der Waals surface area contributed by atoms with Crippen LogP contribution in [0, 0.1) is 0 Å². The first-order valence-electron chi connectivity index (χ1n) is 2.47. The van der Waals surface area contributed by atoms with E-state index >= 15 is 0 Å². The molecule has 0 saturated carbocycles. The molecule has 0 aromatic carbocycles. The number of allylic oxidation sites excluding steroid dienone is 1. The minimum absolute atomic E-state index is 0.0471. The second kappa shape index (κ2) is 5.89. The van der Waals surface area contributed by atoms with E-state index < -0.39 is 10.8 Å². The summed E-state index contributed by atoms with van der Waals surface area (Å²) in [6.07, 6.45) is -4.31. The fraction of sp³-hybridized carbons (Fsp3) is 0.600. The van der Waals surface area contributed by atoms with Crippen LogP contribution in [-0.4, -0.2) is 10.8 Å². The molecule has 74 valence electrons. The van der Waals surface area contributed by atoms with Gasteiger partial charge in [-0.05, 0) is 6.92 Å². The molecule has 0 bridgehead atoms. The molecular formula is C5H5Cl3F4. The lowest BCUT2D eigenvalue weighted by Gasteiger charge is -1.92. The van der Waals surface area contributed by atoms with Gasteiger partial charge < -0.3 is 0 Å². The summed E-state index contributed by atoms with van der Waals surface area (Å²) in [5.41, 5.74) is 0.431. The van der Waals surface area contributed by atoms with Crippen LogP contribution in [0.15, 0.2) is 11.6 Å². The summed E-state index contributed by atoms with van der Waals surface area (Å²) in [6, 6.07) is 0. The molecule has 0 aromatic heterocycles. The molecule has 0 atom stereocenters. The third-order valence-electron chi connectivity index (χ3n) is 0.252. The van der Waals surface area contributed by atoms with Crippen molar-refractivity contribution in [3.63, 3.8) is 0 Å². The quantitative estimate of drug-likeness (QED) is 0.439. The van der Waals surface area contributed by atoms with Crippen LogP contribution in [0.5, 0.6) is 0 Å². The fourth-order valence-corrected chi connectivity index (χ4v) is 0.214. The molecule has 0 aliphatic rings. The molecule has 0 amide bonds. The van der Waals surface area contributed by atoms with E-state index in [4.69, 9.17) is 0 Å². The molecule has 0 nitrogen and oxygen atoms in total. The maximum absolute atomic E-state index is 11.2. The van der Waals surface area contributed by atoms with Crippen LogP contribution in [0.25, 0.3) is 0 Å². The molecule has 0 aliphatic heterocycles. The van der Waals surface area contributed by atoms with Crippen molar-refractivity contribution in [2.45, 2.75) is 17.7 Å². The highest BCUT2D eigenvalue weighted by Crippen LogP contribution is 2.19. The number of rotatable bonds is 0. The van der Waals surface area contributed by atoms with E-state index in [1.165, 1.54) is 0 Å². The lowest BCUT2D eigenvalue weighted by molar-refractivity contribution is -0.0796. The SMILES string of the molecule is CC(F)(Cl)Cl.FC(F)(F)C=CCl. The molecule has 0 saturated heterocycles. The van der Waals surface area contributed by atoms with E-state index in [0.717, 1.165) is 6.92 Å². The van der Waals surface area contributed by atoms with Gasteiger partial charge in [-0.1, -0.05) is 34.8 Å². The van der Waals surface area contributed by atoms with E-state index in [-0.39, 0.29) is 6.08 Å². The Kier molecular flexibility index (Phi) is 7.28. The van der Waals surface area contributed by atoms with Crippen molar-refractivity contribution in [1.29, 1.82) is 0 Å². The van der Waals surface area contributed by atoms with Crippen LogP contribution in [0.3, 0.4) is 0 Å². The minimum Gasteiger partial charge on any atom is -0.208 e. The zero-order valence-electron chi connectivity index (χ0n) is 5.80. The van der Waals surface area contributed by atoms with Gasteiger partial charge in [-0.3, -0.25) is 0 Å². The first-order valence-corrected chi connectivity index (χ1v) is 3.67. The van der Waals surface area contributed by atoms with Crippen LogP contribution >= 0.6 is 34.8 Å². The summed E-state index contributed by atoms with van der Waals surface area (Å²) in [5, 5.41) is 0. The summed E-state index contributed by atoms with van der Waals surface area (Å²) >= 11 is 13.8. The molecular weight excluding hydrogens is 242 g/mol. The van der Waals surface area contributed by atoms with Gasteiger partial charge in [0.2, 0.25) is 0 Å². The van der Waals surface area contributed by atoms with Gasteiger partial charge in [-0.15, -0.1) is 0 Å². The van der Waals surface area contributed by atoms with Crippen LogP contribution in [0.2, 0.25) is 0 Å². The highest BCUT2D eigenvalue weighted by molar-refractivity contribution is 6.46. The number of halogens is 7. The molecule has 0 N–H and O–H groups in total. The molecule has 0 rings (SSSR count). The third-order valence-corrected chi connectivity index (χ3v) is 0.378. The summed E-state index contributed by atoms with van der Waals surface area (Å²) in [7, 11) is 0. The Morgan fingerprint density at radius 3 is 1.33 bits per heavy atom. The normalized spacial score (nSPS) is 12.7. The van der Waals surface area contributed by atoms with Crippen molar-refractivity contribution in [3.8, 4) is 0 Å². The summed E-state index contributed by atoms with van der Waals surface area (Å²) < 4.78 is 41.8. The highest BCUT2D eigenvalue weighted by atomic mass is 35.5. The maximum Gasteiger partial charge on any atom is 0.410 e. The maximum atomic E-state index is 11.2. The van der Waals surface area contributed by atoms with Gasteiger partial charge in [0.1, 0.15) is 0 Å². The standard InChI is InChI=1S/C3H2ClF3.C2H3Cl2F/c4-2-1-3(5,6)7;1-2(3,4)5/h1-2H;1H3. The van der Waals surface area contributed by atoms with E-state index in [1.54, 1.807) is 0 Å². The third kappa shape index (κ3) is 48.0. The Labute approximate surface area is 82.1 Å². The van der Waals surface area contributed by atoms with Gasteiger partial charge in [0, 0.05) is 11.6 Å². The Morgan fingerprint density at radius 2 is 1.33 bits per heavy atom. The Bertz CT molecular complexity index is 129. The van der Waals surface area contributed by atoms with Gasteiger partial charge in [0.25, 0.3) is 4.59 Å². The average Bonchev–Trinajstić information content (AvgIpc) is 1.54. The second-order valence-electron chi connectivity index (χ2n) is 1.62. The predicted octanol–water partition coefficient (Wildman–Crippen LogP) is 4.41. The number of hydrogen-bond acceptors (Lipinski definition) is 0. The van der Waals surface area contributed by atoms with Crippen LogP contribution < -0.4 is 0 Å². The topological polar surface area (TPSA) is 0 Å². The van der Waals surface area contributed by atoms with E-state index in [9.17, 15) is 17.6 Å². The van der Waals surface area contributed by atoms with E-state index in [1.807, 2.05) is 0 Å². The summed E-state index contributed by atoms with van der Waals surface area (Å²) in [5.74, 6) is 0. The Balaban J connectivity index is 0. The Hall–Kier alpha value is 0.330. The first kappa shape index (κ1) is 14.8. The van der Waals surface area contributed by atoms with Crippen LogP contribution in [0.4, 0.5) is 17.6 Å². The molecule has 0 fully saturated rings. The van der Waals surface area contributed by atoms with E-state index in [2.05, 4.69) is 34.8 Å². The first-order chi connectivity index (χ1) is 5.06. The van der Waals surface area contributed by atoms with Gasteiger partial charge >= 0.3 is 6.18 Å². The van der Waals surface area contributed by atoms with Gasteiger partial charge in [0.15, 0.2) is 0 Å². The summed E-state index contributed by atoms with van der Waals surface area (Å²) in [4.78, 5) is 0. The Morgan fingerprint density at radius 1 is 1.08 bits per heavy atom. The lowest BCUT2D eigenvalue weighted by Crippen LogP contribution is -1.99. The van der Waals surface area contributed by atoms with Crippen LogP contribution in [0.1, 0.15) is 6.92 Å². The van der Waals surface area contributed by atoms with Crippen LogP contribution in [-0.2, 0) is 0 Å². The highest BCUT2D eigenvalue weighted by Gasteiger charge is 2.21. The second-order valence-corrected chi connectivity index (χ2v) is 3.48. The monoisotopic (exact) mass is 246 g/mol. The largest absolute Gasteiger partial charge is 0.410 e. The smallest absolute Gasteiger partial charge is 0.208 e. The van der Waals surface area contributed by atoms with E-state index in [0.29, 0.717) is 5.54 Å². The van der Waals surface area contributed by atoms with Gasteiger partial charge in [-0.25, -0.2) is 4.39 Å². The lowest BCUT2D eigenvalue weighted by atomic mass is 10.6. The molecule has 7 heteroatoms. The van der Waals surface area contributed by atoms with Gasteiger partial charge in [-0.2, -0.15) is 13.2 Å². The molecule has 0 heterocycles. The number of alkyl halides is 6. The zero-order valence-corrected chi connectivity index (χ0v) is 8.07. The van der Waals surface area contributed by atoms with Crippen molar-refractivity contribution in [1.82, 2.24) is 0 Å². The molecule has 0 aromatic rings. The molecule has 0 spiro atoms. The van der Waals surface area contributed by atoms with Crippen molar-refractivity contribution >= 4 is 34.8 Å². The van der Waals surface area contributed by atoms with Crippen molar-refractivity contribution in [3.05, 3.63) is 11.6 Å². The summed E-state index contributed by atoms with van der Waals surface area (Å²) in [6.45, 7) is 1.05. The molecule has 0 unspecified atom stereocenters. The van der Waals surface area contributed by atoms with Gasteiger partial charge in [0.05, 0.1) is 0 Å². The van der Waals surface area contributed by atoms with Crippen molar-refractivity contribution in [2.75, 3.05) is 0 Å². The van der Waals surface area contributed by atoms with Crippen molar-refractivity contribution < 1.29 is 17.6 Å². The number of hydrogen-bond donors (Lipinski definition) is 0. The zero-order chi connectivity index (χ0) is 10.4. The molecule has 0 aliphatic carbocycles. The van der Waals surface area contributed by atoms with Crippen molar-refractivity contribution in [2.24, 2.45) is 0 Å². The predicted molar refractivity (Wildman–Crippen MR) is 42.3 cm³/mol. The molecule has 0 radical (unpaired) electrons. The fourth-order valence-electron chi connectivity index (χ4n) is 0.0714. The average molecular weight is 247 g/mol.